The minimum absolute atomic E-state index is 0. The van der Waals surface area contributed by atoms with Crippen LogP contribution in [-0.4, -0.2) is 60.0 Å². The molecule has 0 atom stereocenters. The topological polar surface area (TPSA) is 73.8 Å². The summed E-state index contributed by atoms with van der Waals surface area (Å²) in [6.07, 6.45) is 0. The van der Waals surface area contributed by atoms with Crippen molar-refractivity contribution in [3.05, 3.63) is 41.5 Å². The number of nitrogens with zero attached hydrogens (tertiary/aromatic N) is 2. The maximum absolute atomic E-state index is 5.52. The Morgan fingerprint density at radius 3 is 2.00 bits per heavy atom. The second-order valence-corrected chi connectivity index (χ2v) is 6.74. The van der Waals surface area contributed by atoms with Crippen LogP contribution in [0.5, 0.6) is 28.7 Å². The molecule has 0 aliphatic carbocycles. The van der Waals surface area contributed by atoms with E-state index < -0.39 is 0 Å². The number of hydrogen-bond donors (Lipinski definition) is 1. The highest BCUT2D eigenvalue weighted by Gasteiger charge is 2.14. The zero-order chi connectivity index (χ0) is 22.8. The molecule has 0 spiro atoms. The van der Waals surface area contributed by atoms with Gasteiger partial charge in [-0.2, -0.15) is 0 Å². The van der Waals surface area contributed by atoms with Gasteiger partial charge in [0.2, 0.25) is 5.75 Å². The summed E-state index contributed by atoms with van der Waals surface area (Å²) >= 11 is 0. The number of halogens is 1. The molecule has 8 nitrogen and oxygen atoms in total. The van der Waals surface area contributed by atoms with Crippen LogP contribution in [0.1, 0.15) is 18.1 Å². The Morgan fingerprint density at radius 1 is 0.875 bits per heavy atom. The highest BCUT2D eigenvalue weighted by molar-refractivity contribution is 14.0. The highest BCUT2D eigenvalue weighted by Crippen LogP contribution is 2.38. The zero-order valence-corrected chi connectivity index (χ0v) is 22.2. The molecule has 0 fully saturated rings. The Kier molecular flexibility index (Phi) is 11.8. The van der Waals surface area contributed by atoms with Crippen LogP contribution in [-0.2, 0) is 13.1 Å². The van der Waals surface area contributed by atoms with E-state index in [0.717, 1.165) is 35.1 Å². The highest BCUT2D eigenvalue weighted by atomic mass is 127. The summed E-state index contributed by atoms with van der Waals surface area (Å²) in [5.74, 6) is 4.07. The molecule has 32 heavy (non-hydrogen) atoms. The summed E-state index contributed by atoms with van der Waals surface area (Å²) in [6, 6.07) is 9.60. The summed E-state index contributed by atoms with van der Waals surface area (Å²) in [7, 11) is 10.1. The number of rotatable bonds is 10. The molecule has 0 radical (unpaired) electrons. The van der Waals surface area contributed by atoms with Gasteiger partial charge in [0.15, 0.2) is 17.5 Å². The van der Waals surface area contributed by atoms with Crippen molar-refractivity contribution in [3.63, 3.8) is 0 Å². The van der Waals surface area contributed by atoms with Crippen LogP contribution in [0.3, 0.4) is 0 Å². The minimum Gasteiger partial charge on any atom is -0.497 e. The zero-order valence-electron chi connectivity index (χ0n) is 19.9. The molecule has 0 heterocycles. The van der Waals surface area contributed by atoms with E-state index in [-0.39, 0.29) is 24.0 Å². The van der Waals surface area contributed by atoms with Crippen molar-refractivity contribution < 1.29 is 23.7 Å². The molecule has 2 aromatic carbocycles. The summed E-state index contributed by atoms with van der Waals surface area (Å²) in [5, 5.41) is 3.34. The molecular weight excluding hydrogens is 525 g/mol. The fraction of sp³-hybridized carbons (Fsp3) is 0.435. The fourth-order valence-electron chi connectivity index (χ4n) is 3.18. The average molecular weight is 559 g/mol. The van der Waals surface area contributed by atoms with E-state index >= 15 is 0 Å². The Hall–Kier alpha value is -2.56. The van der Waals surface area contributed by atoms with Crippen molar-refractivity contribution in [2.75, 3.05) is 49.1 Å². The van der Waals surface area contributed by atoms with Gasteiger partial charge in [-0.1, -0.05) is 0 Å². The van der Waals surface area contributed by atoms with Crippen molar-refractivity contribution in [2.24, 2.45) is 4.99 Å². The first-order valence-electron chi connectivity index (χ1n) is 10.00. The Balaban J connectivity index is 0.00000512. The Labute approximate surface area is 207 Å². The van der Waals surface area contributed by atoms with E-state index in [1.165, 1.54) is 0 Å². The maximum Gasteiger partial charge on any atom is 0.203 e. The predicted octanol–water partition coefficient (Wildman–Crippen LogP) is 3.95. The molecule has 1 N–H and O–H groups in total. The molecule has 0 saturated carbocycles. The lowest BCUT2D eigenvalue weighted by atomic mass is 10.1. The quantitative estimate of drug-likeness (QED) is 0.269. The van der Waals surface area contributed by atoms with E-state index in [4.69, 9.17) is 28.7 Å². The van der Waals surface area contributed by atoms with Crippen molar-refractivity contribution in [3.8, 4) is 28.7 Å². The minimum atomic E-state index is 0. The lowest BCUT2D eigenvalue weighted by Gasteiger charge is -2.23. The molecular formula is C23H34IN3O5. The monoisotopic (exact) mass is 559 g/mol. The number of guanidine groups is 1. The third kappa shape index (κ3) is 6.98. The Morgan fingerprint density at radius 2 is 1.50 bits per heavy atom. The number of methoxy groups -OCH3 is 5. The first kappa shape index (κ1) is 27.5. The van der Waals surface area contributed by atoms with Gasteiger partial charge in [-0.05, 0) is 36.8 Å². The van der Waals surface area contributed by atoms with E-state index in [1.54, 1.807) is 35.5 Å². The van der Waals surface area contributed by atoms with Gasteiger partial charge < -0.3 is 33.9 Å². The average Bonchev–Trinajstić information content (AvgIpc) is 2.80. The molecule has 9 heteroatoms. The van der Waals surface area contributed by atoms with E-state index in [1.807, 2.05) is 49.2 Å². The normalized spacial score (nSPS) is 10.7. The molecule has 2 aromatic rings. The molecule has 0 aliphatic heterocycles. The van der Waals surface area contributed by atoms with Crippen molar-refractivity contribution in [2.45, 2.75) is 20.0 Å². The van der Waals surface area contributed by atoms with Gasteiger partial charge >= 0.3 is 0 Å². The predicted molar refractivity (Wildman–Crippen MR) is 137 cm³/mol. The third-order valence-corrected chi connectivity index (χ3v) is 4.73. The lowest BCUT2D eigenvalue weighted by molar-refractivity contribution is 0.324. The van der Waals surface area contributed by atoms with Crippen molar-refractivity contribution in [1.29, 1.82) is 0 Å². The molecule has 178 valence electrons. The standard InChI is InChI=1S/C23H33N3O5.HI/c1-8-24-23(26(2)15-17-9-10-18(27-3)13-19(17)28-4)25-14-16-11-20(29-5)22(31-7)21(12-16)30-6;/h9-13H,8,14-15H2,1-7H3,(H,24,25);1H. The molecule has 2 rings (SSSR count). The van der Waals surface area contributed by atoms with Crippen LogP contribution in [0, 0.1) is 0 Å². The Bertz CT molecular complexity index is 867. The molecule has 0 aromatic heterocycles. The molecule has 0 amide bonds. The number of aliphatic imine (C=N–C) groups is 1. The van der Waals surface area contributed by atoms with Crippen LogP contribution >= 0.6 is 24.0 Å². The van der Waals surface area contributed by atoms with Gasteiger partial charge in [0.25, 0.3) is 0 Å². The van der Waals surface area contributed by atoms with Crippen molar-refractivity contribution in [1.82, 2.24) is 10.2 Å². The molecule has 0 unspecified atom stereocenters. The lowest BCUT2D eigenvalue weighted by Crippen LogP contribution is -2.38. The van der Waals surface area contributed by atoms with Crippen LogP contribution in [0.2, 0.25) is 0 Å². The van der Waals surface area contributed by atoms with Gasteiger partial charge in [0.1, 0.15) is 11.5 Å². The largest absolute Gasteiger partial charge is 0.497 e. The van der Waals surface area contributed by atoms with E-state index in [2.05, 4.69) is 5.32 Å². The van der Waals surface area contributed by atoms with E-state index in [9.17, 15) is 0 Å². The first-order valence-corrected chi connectivity index (χ1v) is 10.00. The van der Waals surface area contributed by atoms with Gasteiger partial charge in [-0.15, -0.1) is 24.0 Å². The van der Waals surface area contributed by atoms with Crippen LogP contribution < -0.4 is 29.0 Å². The smallest absolute Gasteiger partial charge is 0.203 e. The second kappa shape index (κ2) is 13.8. The van der Waals surface area contributed by atoms with Gasteiger partial charge in [0, 0.05) is 31.8 Å². The number of benzene rings is 2. The van der Waals surface area contributed by atoms with Gasteiger partial charge in [-0.3, -0.25) is 0 Å². The fourth-order valence-corrected chi connectivity index (χ4v) is 3.18. The van der Waals surface area contributed by atoms with Crippen LogP contribution in [0.25, 0.3) is 0 Å². The molecule has 0 saturated heterocycles. The number of nitrogens with one attached hydrogen (secondary N) is 1. The number of hydrogen-bond acceptors (Lipinski definition) is 6. The molecule has 0 aliphatic rings. The summed E-state index contributed by atoms with van der Waals surface area (Å²) in [4.78, 5) is 6.84. The summed E-state index contributed by atoms with van der Waals surface area (Å²) in [6.45, 7) is 3.85. The van der Waals surface area contributed by atoms with Gasteiger partial charge in [-0.25, -0.2) is 4.99 Å². The van der Waals surface area contributed by atoms with E-state index in [0.29, 0.717) is 30.3 Å². The summed E-state index contributed by atoms with van der Waals surface area (Å²) < 4.78 is 27.1. The van der Waals surface area contributed by atoms with Gasteiger partial charge in [0.05, 0.1) is 42.1 Å². The number of ether oxygens (including phenoxy) is 5. The third-order valence-electron chi connectivity index (χ3n) is 4.73. The molecule has 0 bridgehead atoms. The van der Waals surface area contributed by atoms with Crippen molar-refractivity contribution >= 4 is 29.9 Å². The summed E-state index contributed by atoms with van der Waals surface area (Å²) in [5.41, 5.74) is 1.98. The SMILES string of the molecule is CCNC(=NCc1cc(OC)c(OC)c(OC)c1)N(C)Cc1ccc(OC)cc1OC.I. The second-order valence-electron chi connectivity index (χ2n) is 6.74. The first-order chi connectivity index (χ1) is 15.0. The van der Waals surface area contributed by atoms with Crippen LogP contribution in [0.15, 0.2) is 35.3 Å². The van der Waals surface area contributed by atoms with Crippen LogP contribution in [0.4, 0.5) is 0 Å². The maximum atomic E-state index is 5.52.